The normalized spacial score (nSPS) is 16.0. The molecular formula is C31H36ClFKN5O4. The Morgan fingerprint density at radius 1 is 1.30 bits per heavy atom. The minimum atomic E-state index is -0.632. The molecule has 9 nitrogen and oxygen atoms in total. The van der Waals surface area contributed by atoms with Crippen molar-refractivity contribution < 1.29 is 74.9 Å². The van der Waals surface area contributed by atoms with E-state index < -0.39 is 17.6 Å². The van der Waals surface area contributed by atoms with Gasteiger partial charge in [0.25, 0.3) is 0 Å². The number of methoxy groups -OCH3 is 1. The number of amides is 1. The van der Waals surface area contributed by atoms with E-state index in [-0.39, 0.29) is 83.0 Å². The number of pyridine rings is 1. The molecule has 2 aromatic carbocycles. The van der Waals surface area contributed by atoms with Crippen LogP contribution in [0.15, 0.2) is 41.4 Å². The number of carbonyl (C=O) groups is 1. The molecule has 4 N–H and O–H groups in total. The Labute approximate surface area is 299 Å². The molecule has 2 heterocycles. The molecule has 0 spiro atoms. The Morgan fingerprint density at radius 2 is 2.07 bits per heavy atom. The molecule has 3 aromatic rings. The summed E-state index contributed by atoms with van der Waals surface area (Å²) in [7, 11) is 1.55. The zero-order valence-corrected chi connectivity index (χ0v) is 27.8. The number of benzene rings is 2. The largest absolute Gasteiger partial charge is 1.00 e. The van der Waals surface area contributed by atoms with Crippen LogP contribution in [0.1, 0.15) is 68.7 Å². The molecule has 43 heavy (non-hydrogen) atoms. The fourth-order valence-corrected chi connectivity index (χ4v) is 4.94. The SMILES string of the molecule is C.CCCC(CO[N-]c1cc(C=NC2CC2)c(N)c(OC)c1)c1cc2c(c(-c3ccc(F)c(Cl)c3)n1)OCC2C(N)=O.[K+]. The van der Waals surface area contributed by atoms with E-state index in [4.69, 9.17) is 42.4 Å². The number of ether oxygens (including phenoxy) is 2. The van der Waals surface area contributed by atoms with Gasteiger partial charge in [0.15, 0.2) is 0 Å². The van der Waals surface area contributed by atoms with E-state index >= 15 is 0 Å². The smallest absolute Gasteiger partial charge is 0.562 e. The summed E-state index contributed by atoms with van der Waals surface area (Å²) in [4.78, 5) is 27.5. The summed E-state index contributed by atoms with van der Waals surface area (Å²) in [6.45, 7) is 2.38. The van der Waals surface area contributed by atoms with Crippen molar-refractivity contribution in [2.45, 2.75) is 57.9 Å². The predicted molar refractivity (Wildman–Crippen MR) is 163 cm³/mol. The number of aliphatic imine (C=N–C) groups is 1. The third-order valence-electron chi connectivity index (χ3n) is 7.18. The molecule has 1 aliphatic carbocycles. The standard InChI is InChI=1S/C30H32ClFN5O4.CH4.K/c1-3-4-17(14-41-37-20-9-18(13-35-19-6-7-19)27(33)26(11-20)39-2)25-12-21-22(30(34)38)15-40-29(21)28(36-25)16-5-8-24(32)23(31)10-16;;/h5,8-13,17,19,22H,3-4,6-7,14-15H2,1-2H3,(H2,33,35)(H2,34,38);1H4;/q-1;;+1. The maximum atomic E-state index is 13.9. The summed E-state index contributed by atoms with van der Waals surface area (Å²) in [5, 5.41) is -0.0411. The van der Waals surface area contributed by atoms with E-state index in [2.05, 4.69) is 17.4 Å². The summed E-state index contributed by atoms with van der Waals surface area (Å²) in [5.41, 5.74) is 20.3. The van der Waals surface area contributed by atoms with E-state index in [1.54, 1.807) is 31.5 Å². The number of halogens is 2. The van der Waals surface area contributed by atoms with Crippen LogP contribution < -0.4 is 72.3 Å². The van der Waals surface area contributed by atoms with Gasteiger partial charge in [0.2, 0.25) is 5.91 Å². The molecule has 1 amide bonds. The maximum Gasteiger partial charge on any atom is 1.00 e. The zero-order valence-electron chi connectivity index (χ0n) is 23.9. The number of hydrogen-bond donors (Lipinski definition) is 2. The number of nitrogens with two attached hydrogens (primary N) is 2. The second-order valence-corrected chi connectivity index (χ2v) is 10.6. The van der Waals surface area contributed by atoms with Gasteiger partial charge in [-0.25, -0.2) is 9.37 Å². The molecule has 1 aromatic heterocycles. The number of rotatable bonds is 12. The molecule has 2 aliphatic rings. The van der Waals surface area contributed by atoms with Crippen LogP contribution in [0.25, 0.3) is 16.7 Å². The van der Waals surface area contributed by atoms with Crippen molar-refractivity contribution in [2.24, 2.45) is 10.7 Å². The number of carbonyl (C=O) groups excluding carboxylic acids is 1. The first-order chi connectivity index (χ1) is 19.8. The zero-order chi connectivity index (χ0) is 29.1. The van der Waals surface area contributed by atoms with Crippen molar-refractivity contribution in [3.8, 4) is 22.8 Å². The van der Waals surface area contributed by atoms with E-state index in [9.17, 15) is 9.18 Å². The third kappa shape index (κ3) is 8.27. The summed E-state index contributed by atoms with van der Waals surface area (Å²) >= 11 is 6.08. The third-order valence-corrected chi connectivity index (χ3v) is 7.47. The molecule has 224 valence electrons. The van der Waals surface area contributed by atoms with Crippen LogP contribution in [0.3, 0.4) is 0 Å². The molecule has 1 aliphatic heterocycles. The number of nitrogen functional groups attached to an aromatic ring is 1. The van der Waals surface area contributed by atoms with Gasteiger partial charge in [-0.3, -0.25) is 9.79 Å². The van der Waals surface area contributed by atoms with Crippen LogP contribution in [0.5, 0.6) is 11.5 Å². The Balaban J connectivity index is 0.00000253. The monoisotopic (exact) mass is 635 g/mol. The number of aromatic nitrogens is 1. The van der Waals surface area contributed by atoms with Crippen molar-refractivity contribution >= 4 is 35.1 Å². The Morgan fingerprint density at radius 3 is 2.72 bits per heavy atom. The van der Waals surface area contributed by atoms with Crippen LogP contribution in [0, 0.1) is 5.82 Å². The van der Waals surface area contributed by atoms with Gasteiger partial charge in [0.05, 0.1) is 23.9 Å². The fraction of sp³-hybridized carbons (Fsp3) is 0.387. The van der Waals surface area contributed by atoms with Gasteiger partial charge in [-0.1, -0.05) is 38.4 Å². The second-order valence-electron chi connectivity index (χ2n) is 10.2. The van der Waals surface area contributed by atoms with Gasteiger partial charge in [0.1, 0.15) is 35.5 Å². The van der Waals surface area contributed by atoms with E-state index in [0.29, 0.717) is 57.0 Å². The van der Waals surface area contributed by atoms with Crippen LogP contribution in [-0.2, 0) is 9.63 Å². The first-order valence-electron chi connectivity index (χ1n) is 13.5. The van der Waals surface area contributed by atoms with Crippen LogP contribution in [-0.4, -0.2) is 43.5 Å². The summed E-state index contributed by atoms with van der Waals surface area (Å²) in [6, 6.07) is 10.0. The van der Waals surface area contributed by atoms with Gasteiger partial charge < -0.3 is 31.3 Å². The van der Waals surface area contributed by atoms with E-state index in [0.717, 1.165) is 25.7 Å². The van der Waals surface area contributed by atoms with Gasteiger partial charge >= 0.3 is 51.4 Å². The molecule has 1 fully saturated rings. The second kappa shape index (κ2) is 15.7. The number of anilines is 1. The van der Waals surface area contributed by atoms with Gasteiger partial charge in [-0.15, -0.1) is 5.69 Å². The molecule has 12 heteroatoms. The molecule has 2 unspecified atom stereocenters. The van der Waals surface area contributed by atoms with Gasteiger partial charge in [-0.05, 0) is 49.6 Å². The Kier molecular flexibility index (Phi) is 12.8. The Bertz CT molecular complexity index is 1490. The van der Waals surface area contributed by atoms with Gasteiger partial charge in [0, 0.05) is 41.1 Å². The van der Waals surface area contributed by atoms with Crippen molar-refractivity contribution in [1.29, 1.82) is 0 Å². The summed E-state index contributed by atoms with van der Waals surface area (Å²) < 4.78 is 25.2. The Hall–Kier alpha value is -2.25. The molecule has 1 saturated carbocycles. The van der Waals surface area contributed by atoms with Crippen LogP contribution >= 0.6 is 11.6 Å². The molecule has 0 saturated heterocycles. The van der Waals surface area contributed by atoms with Crippen molar-refractivity contribution in [1.82, 2.24) is 4.98 Å². The molecule has 2 atom stereocenters. The number of hydrogen-bond acceptors (Lipinski definition) is 7. The number of fused-ring (bicyclic) bond motifs is 1. The first-order valence-corrected chi connectivity index (χ1v) is 13.9. The average molecular weight is 636 g/mol. The molecule has 0 bridgehead atoms. The number of nitrogens with zero attached hydrogens (tertiary/aromatic N) is 3. The van der Waals surface area contributed by atoms with Crippen LogP contribution in [0.2, 0.25) is 5.02 Å². The quantitative estimate of drug-likeness (QED) is 0.134. The minimum absolute atomic E-state index is 0. The van der Waals surface area contributed by atoms with E-state index in [1.165, 1.54) is 12.1 Å². The minimum Gasteiger partial charge on any atom is -0.562 e. The fourth-order valence-electron chi connectivity index (χ4n) is 4.76. The van der Waals surface area contributed by atoms with Crippen molar-refractivity contribution in [3.63, 3.8) is 0 Å². The summed E-state index contributed by atoms with van der Waals surface area (Å²) in [5.74, 6) is -0.926. The topological polar surface area (TPSA) is 136 Å². The number of primary amides is 1. The molecular weight excluding hydrogens is 600 g/mol. The van der Waals surface area contributed by atoms with E-state index in [1.807, 2.05) is 6.07 Å². The van der Waals surface area contributed by atoms with Crippen molar-refractivity contribution in [2.75, 3.05) is 26.1 Å². The molecule has 5 rings (SSSR count). The average Bonchev–Trinajstić information content (AvgIpc) is 3.69. The van der Waals surface area contributed by atoms with Crippen molar-refractivity contribution in [3.05, 3.63) is 69.5 Å². The molecule has 0 radical (unpaired) electrons. The van der Waals surface area contributed by atoms with Gasteiger partial charge in [-0.2, -0.15) is 0 Å². The summed E-state index contributed by atoms with van der Waals surface area (Å²) in [6.07, 6.45) is 5.50. The predicted octanol–water partition coefficient (Wildman–Crippen LogP) is 3.84. The van der Waals surface area contributed by atoms with Crippen LogP contribution in [0.4, 0.5) is 15.8 Å². The first kappa shape index (κ1) is 35.2. The maximum absolute atomic E-state index is 13.9.